The maximum Gasteiger partial charge on any atom is 0.275 e. The average Bonchev–Trinajstić information content (AvgIpc) is 3.56. The van der Waals surface area contributed by atoms with E-state index in [9.17, 15) is 19.2 Å². The van der Waals surface area contributed by atoms with Crippen LogP contribution in [0.4, 0.5) is 0 Å². The highest BCUT2D eigenvalue weighted by Gasteiger charge is 2.33. The molecule has 2 aliphatic heterocycles. The number of rotatable bonds is 8. The van der Waals surface area contributed by atoms with Crippen molar-refractivity contribution in [2.75, 3.05) is 13.2 Å². The van der Waals surface area contributed by atoms with Gasteiger partial charge in [0.2, 0.25) is 11.8 Å². The topological polar surface area (TPSA) is 162 Å². The maximum absolute atomic E-state index is 13.3. The number of hydrogen-bond donors (Lipinski definition) is 2. The normalized spacial score (nSPS) is 17.2. The molecule has 0 saturated carbocycles. The number of piperidine rings is 1. The first-order valence-electron chi connectivity index (χ1n) is 15.7. The summed E-state index contributed by atoms with van der Waals surface area (Å²) in [6.07, 6.45) is 1.82. The summed E-state index contributed by atoms with van der Waals surface area (Å²) in [7, 11) is 0. The SMILES string of the molecule is Cc1sc2c(c1C)C(c1ccc(Cl)cc1)=N[C@@H](CC(=O)NCCOc1cccc3c(=O)n(C4CCC(=O)NC4=O)ncc13)c1nnc(C)n1-2. The zero-order valence-corrected chi connectivity index (χ0v) is 28.4. The standard InChI is InChI=1S/C34H31ClN8O5S/c1-17-18(2)49-34-29(17)30(20-7-9-21(35)10-8-20)38-24(31-41-40-19(3)42(31)34)15-28(45)36-13-14-48-26-6-4-5-22-23(26)16-37-43(33(22)47)25-11-12-27(44)39-32(25)46/h4-10,16,24-25H,11-15H2,1-3H3,(H,36,45)(H,39,44,46)/t24-,25?/m0/s1. The van der Waals surface area contributed by atoms with Gasteiger partial charge in [0.15, 0.2) is 5.82 Å². The molecule has 3 aromatic heterocycles. The Morgan fingerprint density at radius 2 is 1.88 bits per heavy atom. The van der Waals surface area contributed by atoms with Crippen molar-refractivity contribution in [3.05, 3.63) is 97.3 Å². The molecule has 250 valence electrons. The second-order valence-corrected chi connectivity index (χ2v) is 13.5. The number of aliphatic imine (C=N–C) groups is 1. The third kappa shape index (κ3) is 6.02. The van der Waals surface area contributed by atoms with Crippen LogP contribution in [-0.4, -0.2) is 61.1 Å². The van der Waals surface area contributed by atoms with E-state index in [1.54, 1.807) is 29.5 Å². The van der Waals surface area contributed by atoms with Gasteiger partial charge in [0.1, 0.15) is 35.3 Å². The number of fused-ring (bicyclic) bond motifs is 4. The first-order valence-corrected chi connectivity index (χ1v) is 16.9. The van der Waals surface area contributed by atoms with Crippen LogP contribution in [0.2, 0.25) is 5.02 Å². The van der Waals surface area contributed by atoms with Crippen molar-refractivity contribution in [1.29, 1.82) is 0 Å². The van der Waals surface area contributed by atoms with Gasteiger partial charge in [-0.25, -0.2) is 4.68 Å². The van der Waals surface area contributed by atoms with Crippen LogP contribution < -0.4 is 20.9 Å². The Morgan fingerprint density at radius 3 is 2.65 bits per heavy atom. The Labute approximate surface area is 289 Å². The van der Waals surface area contributed by atoms with Gasteiger partial charge in [-0.1, -0.05) is 29.8 Å². The highest BCUT2D eigenvalue weighted by atomic mass is 35.5. The summed E-state index contributed by atoms with van der Waals surface area (Å²) in [6, 6.07) is 11.0. The molecule has 15 heteroatoms. The first kappa shape index (κ1) is 32.3. The lowest BCUT2D eigenvalue weighted by Crippen LogP contribution is -2.45. The highest BCUT2D eigenvalue weighted by Crippen LogP contribution is 2.39. The third-order valence-corrected chi connectivity index (χ3v) is 10.2. The Hall–Kier alpha value is -5.21. The van der Waals surface area contributed by atoms with E-state index in [4.69, 9.17) is 21.3 Å². The largest absolute Gasteiger partial charge is 0.491 e. The Bertz CT molecular complexity index is 2240. The van der Waals surface area contributed by atoms with Crippen molar-refractivity contribution in [2.24, 2.45) is 4.99 Å². The number of nitrogens with zero attached hydrogens (tertiary/aromatic N) is 6. The number of ether oxygens (including phenoxy) is 1. The lowest BCUT2D eigenvalue weighted by Gasteiger charge is -2.22. The molecular weight excluding hydrogens is 668 g/mol. The van der Waals surface area contributed by atoms with Gasteiger partial charge >= 0.3 is 0 Å². The molecule has 5 heterocycles. The van der Waals surface area contributed by atoms with Crippen molar-refractivity contribution in [3.63, 3.8) is 0 Å². The van der Waals surface area contributed by atoms with Crippen molar-refractivity contribution in [1.82, 2.24) is 35.2 Å². The van der Waals surface area contributed by atoms with Crippen molar-refractivity contribution in [3.8, 4) is 10.8 Å². The number of thiophene rings is 1. The van der Waals surface area contributed by atoms with E-state index in [0.717, 1.165) is 37.0 Å². The predicted molar refractivity (Wildman–Crippen MR) is 184 cm³/mol. The van der Waals surface area contributed by atoms with Crippen molar-refractivity contribution >= 4 is 57.1 Å². The van der Waals surface area contributed by atoms with Crippen LogP contribution in [0, 0.1) is 20.8 Å². The second-order valence-electron chi connectivity index (χ2n) is 11.9. The van der Waals surface area contributed by atoms with E-state index in [-0.39, 0.29) is 44.2 Å². The van der Waals surface area contributed by atoms with Crippen LogP contribution in [-0.2, 0) is 14.4 Å². The summed E-state index contributed by atoms with van der Waals surface area (Å²) in [5.41, 5.74) is 3.28. The van der Waals surface area contributed by atoms with Crippen LogP contribution in [0.3, 0.4) is 0 Å². The monoisotopic (exact) mass is 698 g/mol. The summed E-state index contributed by atoms with van der Waals surface area (Å²) >= 11 is 7.85. The average molecular weight is 699 g/mol. The fourth-order valence-corrected chi connectivity index (χ4v) is 7.49. The molecule has 2 aliphatic rings. The van der Waals surface area contributed by atoms with Gasteiger partial charge < -0.3 is 10.1 Å². The van der Waals surface area contributed by atoms with E-state index in [1.165, 1.54) is 6.20 Å². The van der Waals surface area contributed by atoms with Crippen LogP contribution in [0.25, 0.3) is 15.8 Å². The number of aromatic nitrogens is 5. The summed E-state index contributed by atoms with van der Waals surface area (Å²) in [4.78, 5) is 56.8. The van der Waals surface area contributed by atoms with E-state index >= 15 is 0 Å². The van der Waals surface area contributed by atoms with E-state index < -0.39 is 23.6 Å². The number of halogens is 1. The molecule has 13 nitrogen and oxygen atoms in total. The van der Waals surface area contributed by atoms with Gasteiger partial charge in [0.25, 0.3) is 11.5 Å². The molecule has 7 rings (SSSR count). The number of carbonyl (C=O) groups excluding carboxylic acids is 3. The number of amides is 3. The summed E-state index contributed by atoms with van der Waals surface area (Å²) in [5, 5.41) is 20.6. The van der Waals surface area contributed by atoms with Gasteiger partial charge in [0.05, 0.1) is 30.3 Å². The van der Waals surface area contributed by atoms with Crippen LogP contribution in [0.5, 0.6) is 5.75 Å². The molecule has 2 atom stereocenters. The Balaban J connectivity index is 1.07. The molecule has 49 heavy (non-hydrogen) atoms. The molecule has 3 amide bonds. The zero-order chi connectivity index (χ0) is 34.4. The summed E-state index contributed by atoms with van der Waals surface area (Å²) in [6.45, 7) is 6.35. The van der Waals surface area contributed by atoms with Crippen LogP contribution in [0.15, 0.2) is 58.4 Å². The molecule has 1 unspecified atom stereocenters. The molecule has 2 N–H and O–H groups in total. The fraction of sp³-hybridized carbons (Fsp3) is 0.294. The molecule has 5 aromatic rings. The minimum Gasteiger partial charge on any atom is -0.491 e. The van der Waals surface area contributed by atoms with E-state index in [2.05, 4.69) is 39.8 Å². The highest BCUT2D eigenvalue weighted by molar-refractivity contribution is 7.15. The molecule has 0 aliphatic carbocycles. The second kappa shape index (κ2) is 13.0. The Morgan fingerprint density at radius 1 is 1.08 bits per heavy atom. The maximum atomic E-state index is 13.3. The lowest BCUT2D eigenvalue weighted by molar-refractivity contribution is -0.136. The van der Waals surface area contributed by atoms with Gasteiger partial charge in [-0.15, -0.1) is 21.5 Å². The molecular formula is C34H31ClN8O5S. The number of aryl methyl sites for hydroxylation is 2. The molecule has 0 spiro atoms. The van der Waals surface area contributed by atoms with Gasteiger partial charge in [-0.05, 0) is 57.0 Å². The molecule has 2 aromatic carbocycles. The van der Waals surface area contributed by atoms with Crippen LogP contribution in [0.1, 0.15) is 64.6 Å². The van der Waals surface area contributed by atoms with Crippen LogP contribution >= 0.6 is 22.9 Å². The Kier molecular flexibility index (Phi) is 8.59. The fourth-order valence-electron chi connectivity index (χ4n) is 6.15. The van der Waals surface area contributed by atoms with Crippen molar-refractivity contribution < 1.29 is 19.1 Å². The lowest BCUT2D eigenvalue weighted by atomic mass is 9.99. The third-order valence-electron chi connectivity index (χ3n) is 8.74. The number of nitrogens with one attached hydrogen (secondary N) is 2. The number of carbonyl (C=O) groups is 3. The number of imide groups is 1. The molecule has 1 saturated heterocycles. The number of benzene rings is 2. The quantitative estimate of drug-likeness (QED) is 0.181. The van der Waals surface area contributed by atoms with Crippen molar-refractivity contribution in [2.45, 2.75) is 52.1 Å². The summed E-state index contributed by atoms with van der Waals surface area (Å²) in [5.74, 6) is 0.528. The van der Waals surface area contributed by atoms with E-state index in [1.807, 2.05) is 35.8 Å². The smallest absolute Gasteiger partial charge is 0.275 e. The van der Waals surface area contributed by atoms with E-state index in [0.29, 0.717) is 33.2 Å². The van der Waals surface area contributed by atoms with Gasteiger partial charge in [-0.2, -0.15) is 5.10 Å². The molecule has 0 radical (unpaired) electrons. The zero-order valence-electron chi connectivity index (χ0n) is 26.8. The molecule has 1 fully saturated rings. The van der Waals surface area contributed by atoms with Gasteiger partial charge in [0, 0.05) is 32.8 Å². The predicted octanol–water partition coefficient (Wildman–Crippen LogP) is 4.07. The molecule has 0 bridgehead atoms. The minimum absolute atomic E-state index is 0.0280. The number of hydrogen-bond acceptors (Lipinski definition) is 10. The summed E-state index contributed by atoms with van der Waals surface area (Å²) < 4.78 is 9.07. The minimum atomic E-state index is -0.868. The first-order chi connectivity index (χ1) is 23.6. The van der Waals surface area contributed by atoms with Gasteiger partial charge in [-0.3, -0.25) is 34.1 Å².